The molecule has 0 unspecified atom stereocenters. The van der Waals surface area contributed by atoms with Crippen LogP contribution in [-0.2, 0) is 17.9 Å². The average molecular weight is 369 g/mol. The maximum absolute atomic E-state index is 12.2. The van der Waals surface area contributed by atoms with E-state index < -0.39 is 0 Å². The highest BCUT2D eigenvalue weighted by molar-refractivity contribution is 5.75. The quantitative estimate of drug-likeness (QED) is 0.816. The summed E-state index contributed by atoms with van der Waals surface area (Å²) in [5.41, 5.74) is 4.64. The van der Waals surface area contributed by atoms with Crippen molar-refractivity contribution in [3.8, 4) is 0 Å². The number of nitrogens with one attached hydrogen (secondary N) is 1. The first-order valence-electron chi connectivity index (χ1n) is 10.1. The third-order valence-electron chi connectivity index (χ3n) is 5.87. The van der Waals surface area contributed by atoms with E-state index in [1.807, 2.05) is 18.5 Å². The van der Waals surface area contributed by atoms with Crippen molar-refractivity contribution >= 4 is 5.91 Å². The van der Waals surface area contributed by atoms with Crippen LogP contribution < -0.4 is 5.32 Å². The molecule has 1 amide bonds. The van der Waals surface area contributed by atoms with Gasteiger partial charge in [0.25, 0.3) is 0 Å². The molecule has 146 valence electrons. The van der Waals surface area contributed by atoms with Crippen molar-refractivity contribution in [3.05, 3.63) is 52.8 Å². The molecule has 1 N–H and O–H groups in total. The molecule has 1 saturated heterocycles. The van der Waals surface area contributed by atoms with Crippen LogP contribution >= 0.6 is 0 Å². The Morgan fingerprint density at radius 3 is 2.48 bits per heavy atom. The van der Waals surface area contributed by atoms with Gasteiger partial charge in [-0.25, -0.2) is 0 Å². The van der Waals surface area contributed by atoms with Gasteiger partial charge in [-0.2, -0.15) is 5.10 Å². The fraction of sp³-hybridized carbons (Fsp3) is 0.545. The highest BCUT2D eigenvalue weighted by Crippen LogP contribution is 2.21. The Bertz CT molecular complexity index is 745. The standard InChI is InChI=1S/C22H32N4O/c1-17-18(2)24-26(19(17)3)16-22(27)23-12-9-20-10-13-25(14-11-20)15-21-7-5-4-6-8-21/h4-8,20H,9-16H2,1-3H3,(H,23,27). The minimum absolute atomic E-state index is 0.0575. The second-order valence-electron chi connectivity index (χ2n) is 7.80. The summed E-state index contributed by atoms with van der Waals surface area (Å²) in [6, 6.07) is 10.7. The number of hydrogen-bond acceptors (Lipinski definition) is 3. The van der Waals surface area contributed by atoms with Gasteiger partial charge in [-0.3, -0.25) is 14.4 Å². The van der Waals surface area contributed by atoms with E-state index in [2.05, 4.69) is 52.6 Å². The van der Waals surface area contributed by atoms with Gasteiger partial charge in [0.1, 0.15) is 6.54 Å². The lowest BCUT2D eigenvalue weighted by molar-refractivity contribution is -0.121. The summed E-state index contributed by atoms with van der Waals surface area (Å²) in [6.07, 6.45) is 3.51. The Hall–Kier alpha value is -2.14. The van der Waals surface area contributed by atoms with Crippen LogP contribution in [0.3, 0.4) is 0 Å². The fourth-order valence-electron chi connectivity index (χ4n) is 3.82. The van der Waals surface area contributed by atoms with Crippen molar-refractivity contribution in [2.24, 2.45) is 5.92 Å². The summed E-state index contributed by atoms with van der Waals surface area (Å²) >= 11 is 0. The predicted molar refractivity (Wildman–Crippen MR) is 109 cm³/mol. The Labute approximate surface area is 162 Å². The summed E-state index contributed by atoms with van der Waals surface area (Å²) in [7, 11) is 0. The van der Waals surface area contributed by atoms with Gasteiger partial charge >= 0.3 is 0 Å². The molecule has 5 nitrogen and oxygen atoms in total. The predicted octanol–water partition coefficient (Wildman–Crippen LogP) is 3.23. The molecule has 0 radical (unpaired) electrons. The molecule has 0 spiro atoms. The van der Waals surface area contributed by atoms with Gasteiger partial charge in [-0.05, 0) is 70.2 Å². The maximum atomic E-state index is 12.2. The van der Waals surface area contributed by atoms with Crippen LogP contribution in [-0.4, -0.2) is 40.2 Å². The number of aromatic nitrogens is 2. The van der Waals surface area contributed by atoms with E-state index in [1.165, 1.54) is 24.0 Å². The normalized spacial score (nSPS) is 15.8. The molecular weight excluding hydrogens is 336 g/mol. The van der Waals surface area contributed by atoms with Gasteiger partial charge in [-0.15, -0.1) is 0 Å². The van der Waals surface area contributed by atoms with E-state index in [4.69, 9.17) is 0 Å². The molecule has 27 heavy (non-hydrogen) atoms. The molecule has 1 aliphatic rings. The van der Waals surface area contributed by atoms with Gasteiger partial charge in [0.2, 0.25) is 5.91 Å². The third kappa shape index (κ3) is 5.42. The monoisotopic (exact) mass is 368 g/mol. The van der Waals surface area contributed by atoms with Crippen LogP contribution in [0.2, 0.25) is 0 Å². The SMILES string of the molecule is Cc1nn(CC(=O)NCCC2CCN(Cc3ccccc3)CC2)c(C)c1C. The van der Waals surface area contributed by atoms with Gasteiger partial charge in [0.15, 0.2) is 0 Å². The first-order chi connectivity index (χ1) is 13.0. The summed E-state index contributed by atoms with van der Waals surface area (Å²) in [5, 5.41) is 7.51. The van der Waals surface area contributed by atoms with Crippen molar-refractivity contribution in [3.63, 3.8) is 0 Å². The summed E-state index contributed by atoms with van der Waals surface area (Å²) in [6.45, 7) is 10.5. The molecule has 2 aromatic rings. The van der Waals surface area contributed by atoms with Crippen molar-refractivity contribution in [1.82, 2.24) is 20.0 Å². The Morgan fingerprint density at radius 2 is 1.85 bits per heavy atom. The molecular formula is C22H32N4O. The van der Waals surface area contributed by atoms with Gasteiger partial charge in [0.05, 0.1) is 5.69 Å². The molecule has 0 atom stereocenters. The number of piperidine rings is 1. The number of benzene rings is 1. The zero-order chi connectivity index (χ0) is 19.2. The lowest BCUT2D eigenvalue weighted by atomic mass is 9.93. The Kier molecular flexibility index (Phi) is 6.67. The Balaban J connectivity index is 1.34. The molecule has 0 aliphatic carbocycles. The van der Waals surface area contributed by atoms with Crippen LogP contribution in [0.1, 0.15) is 41.8 Å². The number of rotatable bonds is 7. The smallest absolute Gasteiger partial charge is 0.241 e. The minimum Gasteiger partial charge on any atom is -0.354 e. The number of nitrogens with zero attached hydrogens (tertiary/aromatic N) is 3. The zero-order valence-electron chi connectivity index (χ0n) is 16.9. The van der Waals surface area contributed by atoms with E-state index >= 15 is 0 Å². The second-order valence-corrected chi connectivity index (χ2v) is 7.80. The van der Waals surface area contributed by atoms with Crippen LogP contribution in [0.15, 0.2) is 30.3 Å². The van der Waals surface area contributed by atoms with Gasteiger partial charge in [0, 0.05) is 18.8 Å². The topological polar surface area (TPSA) is 50.2 Å². The second kappa shape index (κ2) is 9.18. The number of hydrogen-bond donors (Lipinski definition) is 1. The first kappa shape index (κ1) is 19.6. The highest BCUT2D eigenvalue weighted by atomic mass is 16.2. The molecule has 2 heterocycles. The fourth-order valence-corrected chi connectivity index (χ4v) is 3.82. The van der Waals surface area contributed by atoms with Crippen LogP contribution in [0, 0.1) is 26.7 Å². The van der Waals surface area contributed by atoms with E-state index in [9.17, 15) is 4.79 Å². The van der Waals surface area contributed by atoms with Crippen molar-refractivity contribution < 1.29 is 4.79 Å². The zero-order valence-corrected chi connectivity index (χ0v) is 16.9. The molecule has 5 heteroatoms. The van der Waals surface area contributed by atoms with Gasteiger partial charge < -0.3 is 5.32 Å². The summed E-state index contributed by atoms with van der Waals surface area (Å²) in [5.74, 6) is 0.773. The van der Waals surface area contributed by atoms with Gasteiger partial charge in [-0.1, -0.05) is 30.3 Å². The lowest BCUT2D eigenvalue weighted by Gasteiger charge is -2.32. The number of aryl methyl sites for hydroxylation is 1. The molecule has 1 aromatic heterocycles. The van der Waals surface area contributed by atoms with Crippen molar-refractivity contribution in [2.45, 2.75) is 53.1 Å². The first-order valence-corrected chi connectivity index (χ1v) is 10.1. The Morgan fingerprint density at radius 1 is 1.15 bits per heavy atom. The molecule has 3 rings (SSSR count). The number of likely N-dealkylation sites (tertiary alicyclic amines) is 1. The number of carbonyl (C=O) groups excluding carboxylic acids is 1. The summed E-state index contributed by atoms with van der Waals surface area (Å²) in [4.78, 5) is 14.7. The largest absolute Gasteiger partial charge is 0.354 e. The van der Waals surface area contributed by atoms with Crippen LogP contribution in [0.4, 0.5) is 0 Å². The lowest BCUT2D eigenvalue weighted by Crippen LogP contribution is -2.35. The molecule has 0 bridgehead atoms. The number of amides is 1. The summed E-state index contributed by atoms with van der Waals surface area (Å²) < 4.78 is 1.81. The van der Waals surface area contributed by atoms with Crippen LogP contribution in [0.5, 0.6) is 0 Å². The molecule has 0 saturated carbocycles. The molecule has 1 aromatic carbocycles. The van der Waals surface area contributed by atoms with Crippen LogP contribution in [0.25, 0.3) is 0 Å². The van der Waals surface area contributed by atoms with E-state index in [0.717, 1.165) is 44.0 Å². The third-order valence-corrected chi connectivity index (χ3v) is 5.87. The maximum Gasteiger partial charge on any atom is 0.241 e. The minimum atomic E-state index is 0.0575. The molecule has 1 aliphatic heterocycles. The van der Waals surface area contributed by atoms with E-state index in [-0.39, 0.29) is 5.91 Å². The molecule has 1 fully saturated rings. The van der Waals surface area contributed by atoms with E-state index in [1.54, 1.807) is 0 Å². The highest BCUT2D eigenvalue weighted by Gasteiger charge is 2.19. The van der Waals surface area contributed by atoms with E-state index in [0.29, 0.717) is 12.5 Å². The number of carbonyl (C=O) groups is 1. The average Bonchev–Trinajstić information content (AvgIpc) is 2.91. The van der Waals surface area contributed by atoms with Crippen molar-refractivity contribution in [2.75, 3.05) is 19.6 Å². The van der Waals surface area contributed by atoms with Crippen molar-refractivity contribution in [1.29, 1.82) is 0 Å².